The summed E-state index contributed by atoms with van der Waals surface area (Å²) in [6, 6.07) is 8.30. The van der Waals surface area contributed by atoms with Crippen LogP contribution in [-0.4, -0.2) is 0 Å². The van der Waals surface area contributed by atoms with Gasteiger partial charge < -0.3 is 10.5 Å². The number of rotatable bonds is 3. The summed E-state index contributed by atoms with van der Waals surface area (Å²) in [5.74, 6) is 0.855. The van der Waals surface area contributed by atoms with Crippen LogP contribution in [0, 0.1) is 0 Å². The van der Waals surface area contributed by atoms with Gasteiger partial charge in [-0.3, -0.25) is 0 Å². The third kappa shape index (κ3) is 3.51. The van der Waals surface area contributed by atoms with E-state index in [-0.39, 0.29) is 6.04 Å². The first-order valence-electron chi connectivity index (χ1n) is 5.76. The zero-order chi connectivity index (χ0) is 14.9. The fourth-order valence-electron chi connectivity index (χ4n) is 1.58. The van der Waals surface area contributed by atoms with Crippen molar-refractivity contribution in [2.45, 2.75) is 13.0 Å². The number of hydrogen-bond donors (Lipinski definition) is 1. The third-order valence-corrected chi connectivity index (χ3v) is 3.99. The maximum Gasteiger partial charge on any atom is 0.147 e. The van der Waals surface area contributed by atoms with Crippen molar-refractivity contribution < 1.29 is 4.74 Å². The Morgan fingerprint density at radius 3 is 2.05 bits per heavy atom. The number of nitrogens with two attached hydrogens (primary N) is 1. The standard InChI is InChI=1S/C14H11Cl4NO/c1-7(19)8-2-3-13(11(17)4-8)20-14-6-10(16)9(15)5-12(14)18/h2-7H,19H2,1H3. The molecule has 0 aliphatic heterocycles. The Morgan fingerprint density at radius 1 is 0.850 bits per heavy atom. The largest absolute Gasteiger partial charge is 0.454 e. The van der Waals surface area contributed by atoms with Gasteiger partial charge in [0.25, 0.3) is 0 Å². The van der Waals surface area contributed by atoms with Gasteiger partial charge in [0.05, 0.1) is 20.1 Å². The van der Waals surface area contributed by atoms with E-state index in [4.69, 9.17) is 56.9 Å². The second kappa shape index (κ2) is 6.42. The predicted octanol–water partition coefficient (Wildman–Crippen LogP) is 6.11. The van der Waals surface area contributed by atoms with E-state index in [2.05, 4.69) is 0 Å². The van der Waals surface area contributed by atoms with Gasteiger partial charge in [-0.15, -0.1) is 0 Å². The van der Waals surface area contributed by atoms with Gasteiger partial charge in [-0.25, -0.2) is 0 Å². The minimum Gasteiger partial charge on any atom is -0.454 e. The summed E-state index contributed by atoms with van der Waals surface area (Å²) in [7, 11) is 0. The van der Waals surface area contributed by atoms with E-state index >= 15 is 0 Å². The molecule has 0 aliphatic rings. The molecule has 0 saturated heterocycles. The van der Waals surface area contributed by atoms with Crippen molar-refractivity contribution in [2.24, 2.45) is 5.73 Å². The Bertz CT molecular complexity index is 643. The normalized spacial score (nSPS) is 12.3. The molecule has 0 heterocycles. The molecule has 2 rings (SSSR count). The highest BCUT2D eigenvalue weighted by Crippen LogP contribution is 2.38. The van der Waals surface area contributed by atoms with Gasteiger partial charge >= 0.3 is 0 Å². The first-order valence-corrected chi connectivity index (χ1v) is 7.27. The van der Waals surface area contributed by atoms with Crippen LogP contribution in [0.2, 0.25) is 20.1 Å². The van der Waals surface area contributed by atoms with Gasteiger partial charge in [-0.1, -0.05) is 52.5 Å². The number of benzene rings is 2. The fraction of sp³-hybridized carbons (Fsp3) is 0.143. The number of hydrogen-bond acceptors (Lipinski definition) is 2. The predicted molar refractivity (Wildman–Crippen MR) is 85.6 cm³/mol. The highest BCUT2D eigenvalue weighted by molar-refractivity contribution is 6.43. The Balaban J connectivity index is 2.33. The molecule has 0 fully saturated rings. The monoisotopic (exact) mass is 349 g/mol. The van der Waals surface area contributed by atoms with Crippen LogP contribution in [-0.2, 0) is 0 Å². The minimum absolute atomic E-state index is 0.102. The number of halogens is 4. The van der Waals surface area contributed by atoms with E-state index in [1.165, 1.54) is 6.07 Å². The van der Waals surface area contributed by atoms with Gasteiger partial charge in [0.2, 0.25) is 0 Å². The van der Waals surface area contributed by atoms with Crippen LogP contribution < -0.4 is 10.5 Å². The molecule has 20 heavy (non-hydrogen) atoms. The van der Waals surface area contributed by atoms with E-state index in [1.807, 2.05) is 13.0 Å². The van der Waals surface area contributed by atoms with Crippen LogP contribution >= 0.6 is 46.4 Å². The van der Waals surface area contributed by atoms with Gasteiger partial charge in [0.1, 0.15) is 11.5 Å². The number of ether oxygens (including phenoxy) is 1. The lowest BCUT2D eigenvalue weighted by molar-refractivity contribution is 0.483. The van der Waals surface area contributed by atoms with Crippen molar-refractivity contribution in [3.8, 4) is 11.5 Å². The summed E-state index contributed by atoms with van der Waals surface area (Å²) in [5, 5.41) is 1.52. The molecule has 0 saturated carbocycles. The molecule has 0 amide bonds. The maximum absolute atomic E-state index is 6.16. The Labute approximate surface area is 137 Å². The first kappa shape index (κ1) is 15.7. The van der Waals surface area contributed by atoms with Gasteiger partial charge in [-0.2, -0.15) is 0 Å². The summed E-state index contributed by atoms with van der Waals surface area (Å²) in [6.45, 7) is 1.88. The van der Waals surface area contributed by atoms with Crippen molar-refractivity contribution >= 4 is 46.4 Å². The van der Waals surface area contributed by atoms with Crippen molar-refractivity contribution in [3.05, 3.63) is 56.0 Å². The lowest BCUT2D eigenvalue weighted by Crippen LogP contribution is -2.04. The molecular formula is C14H11Cl4NO. The molecule has 2 aromatic rings. The highest BCUT2D eigenvalue weighted by Gasteiger charge is 2.11. The quantitative estimate of drug-likeness (QED) is 0.677. The van der Waals surface area contributed by atoms with Crippen LogP contribution in [0.4, 0.5) is 0 Å². The molecular weight excluding hydrogens is 340 g/mol. The van der Waals surface area contributed by atoms with Crippen LogP contribution in [0.15, 0.2) is 30.3 Å². The lowest BCUT2D eigenvalue weighted by atomic mass is 10.1. The summed E-state index contributed by atoms with van der Waals surface area (Å²) >= 11 is 24.0. The lowest BCUT2D eigenvalue weighted by Gasteiger charge is -2.12. The summed E-state index contributed by atoms with van der Waals surface area (Å²) in [4.78, 5) is 0. The topological polar surface area (TPSA) is 35.2 Å². The SMILES string of the molecule is CC(N)c1ccc(Oc2cc(Cl)c(Cl)cc2Cl)c(Cl)c1. The fourth-order valence-corrected chi connectivity index (χ4v) is 2.39. The molecule has 2 nitrogen and oxygen atoms in total. The van der Waals surface area contributed by atoms with Crippen molar-refractivity contribution in [2.75, 3.05) is 0 Å². The first-order chi connectivity index (χ1) is 9.38. The zero-order valence-electron chi connectivity index (χ0n) is 10.5. The van der Waals surface area contributed by atoms with Crippen molar-refractivity contribution in [1.29, 1.82) is 0 Å². The molecule has 0 radical (unpaired) electrons. The molecule has 106 valence electrons. The van der Waals surface area contributed by atoms with Crippen molar-refractivity contribution in [1.82, 2.24) is 0 Å². The van der Waals surface area contributed by atoms with Gasteiger partial charge in [-0.05, 0) is 30.7 Å². The average Bonchev–Trinajstić information content (AvgIpc) is 2.37. The molecule has 0 bridgehead atoms. The summed E-state index contributed by atoms with van der Waals surface area (Å²) in [6.07, 6.45) is 0. The Kier molecular flexibility index (Phi) is 5.05. The second-order valence-corrected chi connectivity index (χ2v) is 5.91. The van der Waals surface area contributed by atoms with Gasteiger partial charge in [0, 0.05) is 12.1 Å². The Hall–Kier alpha value is -0.640. The summed E-state index contributed by atoms with van der Waals surface area (Å²) < 4.78 is 5.66. The molecule has 1 atom stereocenters. The average molecular weight is 351 g/mol. The van der Waals surface area contributed by atoms with Crippen LogP contribution in [0.1, 0.15) is 18.5 Å². The van der Waals surface area contributed by atoms with E-state index in [1.54, 1.807) is 18.2 Å². The second-order valence-electron chi connectivity index (χ2n) is 4.28. The summed E-state index contributed by atoms with van der Waals surface area (Å²) in [5.41, 5.74) is 6.71. The van der Waals surface area contributed by atoms with Crippen LogP contribution in [0.25, 0.3) is 0 Å². The van der Waals surface area contributed by atoms with E-state index in [0.717, 1.165) is 5.56 Å². The molecule has 0 spiro atoms. The minimum atomic E-state index is -0.102. The van der Waals surface area contributed by atoms with Crippen LogP contribution in [0.5, 0.6) is 11.5 Å². The molecule has 0 aliphatic carbocycles. The molecule has 2 N–H and O–H groups in total. The highest BCUT2D eigenvalue weighted by atomic mass is 35.5. The van der Waals surface area contributed by atoms with E-state index in [9.17, 15) is 0 Å². The van der Waals surface area contributed by atoms with E-state index < -0.39 is 0 Å². The maximum atomic E-state index is 6.16. The zero-order valence-corrected chi connectivity index (χ0v) is 13.5. The molecule has 6 heteroatoms. The van der Waals surface area contributed by atoms with E-state index in [0.29, 0.717) is 31.6 Å². The third-order valence-electron chi connectivity index (χ3n) is 2.68. The molecule has 2 aromatic carbocycles. The molecule has 0 aromatic heterocycles. The van der Waals surface area contributed by atoms with Crippen LogP contribution in [0.3, 0.4) is 0 Å². The van der Waals surface area contributed by atoms with Gasteiger partial charge in [0.15, 0.2) is 0 Å². The van der Waals surface area contributed by atoms with Crippen molar-refractivity contribution in [3.63, 3.8) is 0 Å². The smallest absolute Gasteiger partial charge is 0.147 e. The Morgan fingerprint density at radius 2 is 1.45 bits per heavy atom. The molecule has 1 unspecified atom stereocenters.